The Morgan fingerprint density at radius 1 is 1.19 bits per heavy atom. The Hall–Kier alpha value is -3.22. The average molecular weight is 363 g/mol. The standard InChI is InChI=1S/C20H21N5O2/c26-17(20(27)24-15-6-2-1-3-7-15)11-14-5-4-10-25(12-14)19-16-8-9-21-18(16)22-13-23-19/h1-3,6-9,13-14H,4-5,10-12H2,(H,24,27)(H,21,22,23). The largest absolute Gasteiger partial charge is 0.356 e. The summed E-state index contributed by atoms with van der Waals surface area (Å²) >= 11 is 0. The zero-order chi connectivity index (χ0) is 18.6. The molecule has 0 radical (unpaired) electrons. The van der Waals surface area contributed by atoms with E-state index in [2.05, 4.69) is 25.2 Å². The van der Waals surface area contributed by atoms with Crippen LogP contribution in [0.15, 0.2) is 48.9 Å². The second-order valence-corrected chi connectivity index (χ2v) is 6.84. The van der Waals surface area contributed by atoms with E-state index < -0.39 is 5.91 Å². The van der Waals surface area contributed by atoms with E-state index in [0.717, 1.165) is 36.2 Å². The lowest BCUT2D eigenvalue weighted by Gasteiger charge is -2.33. The van der Waals surface area contributed by atoms with Crippen LogP contribution in [0, 0.1) is 5.92 Å². The summed E-state index contributed by atoms with van der Waals surface area (Å²) in [4.78, 5) is 38.5. The van der Waals surface area contributed by atoms with E-state index in [1.807, 2.05) is 30.5 Å². The number of anilines is 2. The number of aromatic nitrogens is 3. The van der Waals surface area contributed by atoms with Crippen LogP contribution in [-0.2, 0) is 9.59 Å². The first-order valence-corrected chi connectivity index (χ1v) is 9.13. The molecule has 7 nitrogen and oxygen atoms in total. The molecule has 1 atom stereocenters. The number of H-pyrrole nitrogens is 1. The number of benzene rings is 1. The number of piperidine rings is 1. The summed E-state index contributed by atoms with van der Waals surface area (Å²) in [6.07, 6.45) is 5.55. The monoisotopic (exact) mass is 363 g/mol. The Morgan fingerprint density at radius 3 is 2.89 bits per heavy atom. The van der Waals surface area contributed by atoms with E-state index in [4.69, 9.17) is 0 Å². The summed E-state index contributed by atoms with van der Waals surface area (Å²) in [6, 6.07) is 11.0. The molecule has 2 N–H and O–H groups in total. The maximum atomic E-state index is 12.4. The van der Waals surface area contributed by atoms with Crippen LogP contribution >= 0.6 is 0 Å². The first kappa shape index (κ1) is 17.2. The van der Waals surface area contributed by atoms with Crippen LogP contribution in [0.1, 0.15) is 19.3 Å². The molecular formula is C20H21N5O2. The van der Waals surface area contributed by atoms with Gasteiger partial charge < -0.3 is 15.2 Å². The third-order valence-corrected chi connectivity index (χ3v) is 4.91. The fraction of sp³-hybridized carbons (Fsp3) is 0.300. The van der Waals surface area contributed by atoms with E-state index in [1.165, 1.54) is 0 Å². The lowest BCUT2D eigenvalue weighted by Crippen LogP contribution is -2.38. The number of carbonyl (C=O) groups is 2. The molecule has 27 heavy (non-hydrogen) atoms. The molecular weight excluding hydrogens is 342 g/mol. The molecule has 1 aromatic carbocycles. The van der Waals surface area contributed by atoms with Gasteiger partial charge in [-0.15, -0.1) is 0 Å². The normalized spacial score (nSPS) is 17.0. The van der Waals surface area contributed by atoms with Crippen molar-refractivity contribution in [3.63, 3.8) is 0 Å². The van der Waals surface area contributed by atoms with Crippen molar-refractivity contribution in [2.24, 2.45) is 5.92 Å². The van der Waals surface area contributed by atoms with Crippen LogP contribution < -0.4 is 10.2 Å². The van der Waals surface area contributed by atoms with Crippen molar-refractivity contribution in [1.29, 1.82) is 0 Å². The first-order chi connectivity index (χ1) is 13.2. The molecule has 2 aromatic heterocycles. The molecule has 0 bridgehead atoms. The van der Waals surface area contributed by atoms with Gasteiger partial charge in [0.1, 0.15) is 17.8 Å². The number of para-hydroxylation sites is 1. The third kappa shape index (κ3) is 3.81. The number of fused-ring (bicyclic) bond motifs is 1. The van der Waals surface area contributed by atoms with Crippen LogP contribution in [0.2, 0.25) is 0 Å². The Labute approximate surface area is 156 Å². The summed E-state index contributed by atoms with van der Waals surface area (Å²) in [7, 11) is 0. The summed E-state index contributed by atoms with van der Waals surface area (Å²) in [6.45, 7) is 1.60. The summed E-state index contributed by atoms with van der Waals surface area (Å²) in [5.74, 6) is 0.0948. The van der Waals surface area contributed by atoms with Crippen LogP contribution in [0.4, 0.5) is 11.5 Å². The van der Waals surface area contributed by atoms with E-state index in [9.17, 15) is 9.59 Å². The van der Waals surface area contributed by atoms with Crippen molar-refractivity contribution in [2.45, 2.75) is 19.3 Å². The summed E-state index contributed by atoms with van der Waals surface area (Å²) in [5.41, 5.74) is 1.44. The van der Waals surface area contributed by atoms with Gasteiger partial charge in [-0.05, 0) is 37.0 Å². The highest BCUT2D eigenvalue weighted by Crippen LogP contribution is 2.28. The van der Waals surface area contributed by atoms with Gasteiger partial charge in [-0.3, -0.25) is 9.59 Å². The molecule has 0 spiro atoms. The van der Waals surface area contributed by atoms with Crippen molar-refractivity contribution < 1.29 is 9.59 Å². The predicted octanol–water partition coefficient (Wildman–Crippen LogP) is 2.77. The molecule has 4 rings (SSSR count). The minimum absolute atomic E-state index is 0.136. The number of amides is 1. The molecule has 1 unspecified atom stereocenters. The fourth-order valence-corrected chi connectivity index (χ4v) is 3.61. The highest BCUT2D eigenvalue weighted by molar-refractivity contribution is 6.40. The highest BCUT2D eigenvalue weighted by Gasteiger charge is 2.26. The van der Waals surface area contributed by atoms with Crippen molar-refractivity contribution in [3.05, 3.63) is 48.9 Å². The third-order valence-electron chi connectivity index (χ3n) is 4.91. The van der Waals surface area contributed by atoms with E-state index in [1.54, 1.807) is 18.5 Å². The first-order valence-electron chi connectivity index (χ1n) is 9.13. The lowest BCUT2D eigenvalue weighted by atomic mass is 9.92. The van der Waals surface area contributed by atoms with Gasteiger partial charge >= 0.3 is 0 Å². The SMILES string of the molecule is O=C(CC1CCCN(c2ncnc3[nH]ccc23)C1)C(=O)Nc1ccccc1. The highest BCUT2D eigenvalue weighted by atomic mass is 16.2. The number of nitrogens with zero attached hydrogens (tertiary/aromatic N) is 3. The lowest BCUT2D eigenvalue weighted by molar-refractivity contribution is -0.135. The quantitative estimate of drug-likeness (QED) is 0.680. The van der Waals surface area contributed by atoms with Gasteiger partial charge in [0.05, 0.1) is 5.39 Å². The van der Waals surface area contributed by atoms with Crippen molar-refractivity contribution in [3.8, 4) is 0 Å². The van der Waals surface area contributed by atoms with Gasteiger partial charge in [0.2, 0.25) is 5.78 Å². The second kappa shape index (κ2) is 7.57. The van der Waals surface area contributed by atoms with Crippen LogP contribution in [-0.4, -0.2) is 39.7 Å². The van der Waals surface area contributed by atoms with Gasteiger partial charge in [-0.2, -0.15) is 0 Å². The van der Waals surface area contributed by atoms with Crippen LogP contribution in [0.3, 0.4) is 0 Å². The van der Waals surface area contributed by atoms with Gasteiger partial charge in [0, 0.05) is 31.4 Å². The maximum Gasteiger partial charge on any atom is 0.291 e. The molecule has 138 valence electrons. The minimum Gasteiger partial charge on any atom is -0.356 e. The number of aromatic amines is 1. The molecule has 1 fully saturated rings. The van der Waals surface area contributed by atoms with Gasteiger partial charge in [0.15, 0.2) is 0 Å². The fourth-order valence-electron chi connectivity index (χ4n) is 3.61. The molecule has 0 aliphatic carbocycles. The number of rotatable bonds is 5. The number of Topliss-reactive ketones (excluding diaryl/α,β-unsaturated/α-hetero) is 1. The molecule has 1 aliphatic rings. The predicted molar refractivity (Wildman–Crippen MR) is 104 cm³/mol. The number of nitrogens with one attached hydrogen (secondary N) is 2. The zero-order valence-corrected chi connectivity index (χ0v) is 14.9. The van der Waals surface area contributed by atoms with E-state index >= 15 is 0 Å². The molecule has 3 aromatic rings. The Kier molecular flexibility index (Phi) is 4.82. The minimum atomic E-state index is -0.548. The van der Waals surface area contributed by atoms with Gasteiger partial charge in [-0.1, -0.05) is 18.2 Å². The smallest absolute Gasteiger partial charge is 0.291 e. The van der Waals surface area contributed by atoms with Crippen molar-refractivity contribution in [1.82, 2.24) is 15.0 Å². The molecule has 3 heterocycles. The number of ketones is 1. The molecule has 7 heteroatoms. The number of carbonyl (C=O) groups excluding carboxylic acids is 2. The van der Waals surface area contributed by atoms with Crippen molar-refractivity contribution in [2.75, 3.05) is 23.3 Å². The Balaban J connectivity index is 1.40. The number of hydrogen-bond acceptors (Lipinski definition) is 5. The second-order valence-electron chi connectivity index (χ2n) is 6.84. The molecule has 1 saturated heterocycles. The number of hydrogen-bond donors (Lipinski definition) is 2. The summed E-state index contributed by atoms with van der Waals surface area (Å²) < 4.78 is 0. The van der Waals surface area contributed by atoms with Gasteiger partial charge in [0.25, 0.3) is 5.91 Å². The van der Waals surface area contributed by atoms with Crippen molar-refractivity contribution >= 4 is 34.2 Å². The molecule has 1 amide bonds. The molecule has 0 saturated carbocycles. The maximum absolute atomic E-state index is 12.4. The van der Waals surface area contributed by atoms with E-state index in [0.29, 0.717) is 12.2 Å². The topological polar surface area (TPSA) is 91.0 Å². The Morgan fingerprint density at radius 2 is 2.04 bits per heavy atom. The van der Waals surface area contributed by atoms with Crippen LogP contribution in [0.5, 0.6) is 0 Å². The van der Waals surface area contributed by atoms with Crippen LogP contribution in [0.25, 0.3) is 11.0 Å². The van der Waals surface area contributed by atoms with E-state index in [-0.39, 0.29) is 18.1 Å². The molecule has 1 aliphatic heterocycles. The zero-order valence-electron chi connectivity index (χ0n) is 14.9. The average Bonchev–Trinajstić information content (AvgIpc) is 3.18. The van der Waals surface area contributed by atoms with Gasteiger partial charge in [-0.25, -0.2) is 9.97 Å². The Bertz CT molecular complexity index is 953. The summed E-state index contributed by atoms with van der Waals surface area (Å²) in [5, 5.41) is 3.65.